The van der Waals surface area contributed by atoms with Gasteiger partial charge in [0.15, 0.2) is 5.43 Å². The third kappa shape index (κ3) is 3.46. The maximum absolute atomic E-state index is 14.8. The summed E-state index contributed by atoms with van der Waals surface area (Å²) in [6, 6.07) is 10.6. The van der Waals surface area contributed by atoms with Crippen LogP contribution in [0.2, 0.25) is 0 Å². The first-order chi connectivity index (χ1) is 14.5. The van der Waals surface area contributed by atoms with Gasteiger partial charge in [-0.1, -0.05) is 34.1 Å². The van der Waals surface area contributed by atoms with Crippen molar-refractivity contribution in [2.24, 2.45) is 0 Å². The van der Waals surface area contributed by atoms with Gasteiger partial charge in [0.1, 0.15) is 11.4 Å². The van der Waals surface area contributed by atoms with E-state index in [-0.39, 0.29) is 22.7 Å². The molecule has 2 heterocycles. The quantitative estimate of drug-likeness (QED) is 0.598. The van der Waals surface area contributed by atoms with Crippen molar-refractivity contribution in [3.05, 3.63) is 79.9 Å². The predicted octanol–water partition coefficient (Wildman–Crippen LogP) is 3.16. The summed E-state index contributed by atoms with van der Waals surface area (Å²) in [5.74, 6) is -0.804. The molecule has 3 aromatic rings. The summed E-state index contributed by atoms with van der Waals surface area (Å²) >= 11 is 3.38. The van der Waals surface area contributed by atoms with Crippen molar-refractivity contribution in [1.82, 2.24) is 4.90 Å². The fourth-order valence-corrected chi connectivity index (χ4v) is 4.49. The van der Waals surface area contributed by atoms with Crippen LogP contribution in [0.3, 0.4) is 0 Å². The summed E-state index contributed by atoms with van der Waals surface area (Å²) in [6.07, 6.45) is 0. The lowest BCUT2D eigenvalue weighted by Gasteiger charge is -2.27. The summed E-state index contributed by atoms with van der Waals surface area (Å²) in [7, 11) is 0. The molecule has 2 aromatic carbocycles. The smallest absolute Gasteiger partial charge is 0.291 e. The average Bonchev–Trinajstić information content (AvgIpc) is 3.02. The van der Waals surface area contributed by atoms with Gasteiger partial charge in [-0.15, -0.1) is 0 Å². The number of benzene rings is 2. The van der Waals surface area contributed by atoms with Crippen LogP contribution in [0.4, 0.5) is 4.39 Å². The number of carbonyl (C=O) groups excluding carboxylic acids is 1. The Morgan fingerprint density at radius 1 is 1.13 bits per heavy atom. The number of quaternary nitrogens is 1. The molecule has 5 nitrogen and oxygen atoms in total. The third-order valence-electron chi connectivity index (χ3n) is 5.83. The minimum atomic E-state index is -0.803. The molecule has 30 heavy (non-hydrogen) atoms. The van der Waals surface area contributed by atoms with Gasteiger partial charge in [-0.05, 0) is 38.1 Å². The van der Waals surface area contributed by atoms with Gasteiger partial charge in [0.05, 0.1) is 43.2 Å². The molecule has 0 unspecified atom stereocenters. The zero-order valence-electron chi connectivity index (χ0n) is 16.9. The van der Waals surface area contributed by atoms with E-state index in [0.29, 0.717) is 29.6 Å². The van der Waals surface area contributed by atoms with Gasteiger partial charge >= 0.3 is 0 Å². The van der Waals surface area contributed by atoms with Crippen LogP contribution in [-0.2, 0) is 0 Å². The van der Waals surface area contributed by atoms with E-state index in [9.17, 15) is 14.0 Å². The maximum Gasteiger partial charge on any atom is 0.291 e. The number of halogens is 2. The average molecular weight is 474 g/mol. The van der Waals surface area contributed by atoms with Gasteiger partial charge in [0, 0.05) is 10.0 Å². The predicted molar refractivity (Wildman–Crippen MR) is 116 cm³/mol. The fourth-order valence-electron chi connectivity index (χ4n) is 4.13. The summed E-state index contributed by atoms with van der Waals surface area (Å²) in [5.41, 5.74) is 0.566. The summed E-state index contributed by atoms with van der Waals surface area (Å²) in [6.45, 7) is 7.12. The van der Waals surface area contributed by atoms with Crippen molar-refractivity contribution >= 4 is 32.8 Å². The van der Waals surface area contributed by atoms with Crippen molar-refractivity contribution < 1.29 is 18.5 Å². The second kappa shape index (κ2) is 8.32. The summed E-state index contributed by atoms with van der Waals surface area (Å²) in [4.78, 5) is 29.6. The van der Waals surface area contributed by atoms with Gasteiger partial charge in [0.25, 0.3) is 5.91 Å². The van der Waals surface area contributed by atoms with Crippen molar-refractivity contribution in [3.8, 4) is 0 Å². The largest absolute Gasteiger partial charge is 0.450 e. The molecule has 1 aromatic heterocycles. The second-order valence-electron chi connectivity index (χ2n) is 7.44. The van der Waals surface area contributed by atoms with E-state index < -0.39 is 11.9 Å². The Labute approximate surface area is 182 Å². The van der Waals surface area contributed by atoms with Gasteiger partial charge in [0.2, 0.25) is 5.76 Å². The van der Waals surface area contributed by atoms with Crippen LogP contribution in [0, 0.1) is 5.82 Å². The molecular formula is C23H23BrFN2O3+. The van der Waals surface area contributed by atoms with E-state index in [1.165, 1.54) is 11.0 Å². The number of likely N-dealkylation sites (N-methyl/N-ethyl adjacent to an activating group) is 1. The molecule has 1 atom stereocenters. The Hall–Kier alpha value is -2.51. The lowest BCUT2D eigenvalue weighted by atomic mass is 9.98. The van der Waals surface area contributed by atoms with E-state index in [1.54, 1.807) is 41.3 Å². The number of fused-ring (bicyclic) bond motifs is 2. The van der Waals surface area contributed by atoms with E-state index >= 15 is 0 Å². The zero-order chi connectivity index (χ0) is 21.4. The molecular weight excluding hydrogens is 451 g/mol. The number of rotatable bonds is 6. The normalized spacial score (nSPS) is 16.0. The van der Waals surface area contributed by atoms with Gasteiger partial charge < -0.3 is 14.2 Å². The van der Waals surface area contributed by atoms with Crippen LogP contribution in [0.15, 0.2) is 56.1 Å². The van der Waals surface area contributed by atoms with Crippen LogP contribution in [0.25, 0.3) is 11.0 Å². The van der Waals surface area contributed by atoms with Crippen molar-refractivity contribution in [2.45, 2.75) is 19.9 Å². The molecule has 156 valence electrons. The number of hydrogen-bond acceptors (Lipinski definition) is 3. The number of amides is 1. The van der Waals surface area contributed by atoms with Crippen LogP contribution in [-0.4, -0.2) is 37.0 Å². The highest BCUT2D eigenvalue weighted by molar-refractivity contribution is 9.10. The van der Waals surface area contributed by atoms with Crippen LogP contribution < -0.4 is 10.3 Å². The highest BCUT2D eigenvalue weighted by Crippen LogP contribution is 2.38. The number of carbonyl (C=O) groups is 1. The highest BCUT2D eigenvalue weighted by atomic mass is 79.9. The van der Waals surface area contributed by atoms with Gasteiger partial charge in [-0.2, -0.15) is 0 Å². The Balaban J connectivity index is 1.90. The number of nitrogens with zero attached hydrogens (tertiary/aromatic N) is 1. The van der Waals surface area contributed by atoms with Crippen LogP contribution in [0.1, 0.15) is 41.6 Å². The lowest BCUT2D eigenvalue weighted by Crippen LogP contribution is -3.12. The van der Waals surface area contributed by atoms with Crippen molar-refractivity contribution in [3.63, 3.8) is 0 Å². The first-order valence-electron chi connectivity index (χ1n) is 10.1. The maximum atomic E-state index is 14.8. The van der Waals surface area contributed by atoms with Crippen molar-refractivity contribution in [1.29, 1.82) is 0 Å². The van der Waals surface area contributed by atoms with E-state index in [1.807, 2.05) is 0 Å². The topological polar surface area (TPSA) is 55.0 Å². The number of nitrogens with one attached hydrogen (secondary N) is 1. The summed E-state index contributed by atoms with van der Waals surface area (Å²) < 4.78 is 21.4. The van der Waals surface area contributed by atoms with E-state index in [4.69, 9.17) is 4.42 Å². The van der Waals surface area contributed by atoms with Crippen LogP contribution >= 0.6 is 15.9 Å². The van der Waals surface area contributed by atoms with E-state index in [0.717, 1.165) is 17.6 Å². The minimum absolute atomic E-state index is 0.0117. The molecule has 0 fully saturated rings. The molecule has 0 saturated carbocycles. The molecule has 4 rings (SSSR count). The highest BCUT2D eigenvalue weighted by Gasteiger charge is 2.43. The summed E-state index contributed by atoms with van der Waals surface area (Å²) in [5, 5.41) is 0.369. The molecule has 1 aliphatic heterocycles. The molecule has 0 saturated heterocycles. The zero-order valence-corrected chi connectivity index (χ0v) is 18.5. The first kappa shape index (κ1) is 20.8. The fraction of sp³-hybridized carbons (Fsp3) is 0.304. The SMILES string of the molecule is CC[NH+](CC)CCN1C(=O)c2oc3ccc(Br)cc3c(=O)c2[C@@H]1c1ccccc1F. The van der Waals surface area contributed by atoms with E-state index in [2.05, 4.69) is 29.8 Å². The molecule has 1 N–H and O–H groups in total. The standard InChI is InChI=1S/C23H22BrFN2O3/c1-3-26(4-2)11-12-27-20(15-7-5-6-8-17(15)25)19-21(28)16-13-14(24)9-10-18(16)30-22(19)23(27)29/h5-10,13,20H,3-4,11-12H2,1-2H3/p+1/t20-/m0/s1. The Morgan fingerprint density at radius 2 is 1.87 bits per heavy atom. The van der Waals surface area contributed by atoms with Gasteiger partial charge in [-0.3, -0.25) is 9.59 Å². The Kier molecular flexibility index (Phi) is 5.75. The Bertz CT molecular complexity index is 1170. The minimum Gasteiger partial charge on any atom is -0.450 e. The molecule has 7 heteroatoms. The molecule has 0 aliphatic carbocycles. The first-order valence-corrected chi connectivity index (χ1v) is 10.9. The van der Waals surface area contributed by atoms with Crippen molar-refractivity contribution in [2.75, 3.05) is 26.2 Å². The molecule has 0 bridgehead atoms. The number of hydrogen-bond donors (Lipinski definition) is 1. The van der Waals surface area contributed by atoms with Gasteiger partial charge in [-0.25, -0.2) is 4.39 Å². The lowest BCUT2D eigenvalue weighted by molar-refractivity contribution is -0.895. The van der Waals surface area contributed by atoms with Crippen LogP contribution in [0.5, 0.6) is 0 Å². The Morgan fingerprint density at radius 3 is 2.57 bits per heavy atom. The third-order valence-corrected chi connectivity index (χ3v) is 6.33. The molecule has 0 spiro atoms. The molecule has 1 aliphatic rings. The monoisotopic (exact) mass is 473 g/mol. The second-order valence-corrected chi connectivity index (χ2v) is 8.36. The molecule has 1 amide bonds. The molecule has 0 radical (unpaired) electrons.